The number of anilines is 1. The van der Waals surface area contributed by atoms with Crippen LogP contribution in [0, 0.1) is 5.82 Å². The summed E-state index contributed by atoms with van der Waals surface area (Å²) >= 11 is 0. The molecule has 2 atom stereocenters. The highest BCUT2D eigenvalue weighted by Gasteiger charge is 2.62. The van der Waals surface area contributed by atoms with Gasteiger partial charge >= 0.3 is 6.09 Å². The highest BCUT2D eigenvalue weighted by atomic mass is 19.1. The molecule has 3 aliphatic heterocycles. The summed E-state index contributed by atoms with van der Waals surface area (Å²) in [4.78, 5) is 28.7. The Morgan fingerprint density at radius 3 is 2.50 bits per heavy atom. The molecule has 8 rings (SSSR count). The molecule has 3 saturated heterocycles. The minimum atomic E-state index is -0.708. The van der Waals surface area contributed by atoms with Gasteiger partial charge in [0.05, 0.1) is 24.2 Å². The molecule has 0 aromatic carbocycles. The second kappa shape index (κ2) is 11.8. The first-order valence-corrected chi connectivity index (χ1v) is 18.0. The molecule has 0 N–H and O–H groups in total. The lowest BCUT2D eigenvalue weighted by molar-refractivity contribution is -0.235. The van der Waals surface area contributed by atoms with Crippen LogP contribution in [0.4, 0.5) is 15.0 Å². The first-order chi connectivity index (χ1) is 23.0. The number of piperazine rings is 1. The van der Waals surface area contributed by atoms with Crippen molar-refractivity contribution in [3.8, 4) is 17.4 Å². The SMILES string of the molecule is CN1CCC[C@H]1COc1nc(-c2noc3c2CCC[C@@]32CCCCC23OCCO3)nc(N2CCN(C(=O)OC(C)(C)C)C3(CC3)C2)c1F. The highest BCUT2D eigenvalue weighted by molar-refractivity contribution is 5.71. The van der Waals surface area contributed by atoms with Crippen LogP contribution in [-0.4, -0.2) is 107 Å². The van der Waals surface area contributed by atoms with Crippen LogP contribution in [0.25, 0.3) is 11.5 Å². The smallest absolute Gasteiger partial charge is 0.410 e. The van der Waals surface area contributed by atoms with Crippen LogP contribution in [-0.2, 0) is 26.0 Å². The molecular formula is C35H49FN6O6. The number of ether oxygens (including phenoxy) is 4. The predicted octanol–water partition coefficient (Wildman–Crippen LogP) is 5.22. The van der Waals surface area contributed by atoms with Crippen LogP contribution in [0.3, 0.4) is 0 Å². The Labute approximate surface area is 281 Å². The van der Waals surface area contributed by atoms with Crippen LogP contribution in [0.15, 0.2) is 4.52 Å². The van der Waals surface area contributed by atoms with Gasteiger partial charge in [0.2, 0.25) is 5.82 Å². The van der Waals surface area contributed by atoms with Gasteiger partial charge in [0.25, 0.3) is 5.88 Å². The standard InChI is InChI=1S/C35H49FN6O6/c1-32(2,3)47-31(43)42-18-17-41(22-33(42)14-15-33)29-25(36)30(44-21-23-9-8-16-40(23)4)38-28(37-29)26-24-10-7-12-34(27(24)48-39-26)11-5-6-13-35(34)45-19-20-46-35/h23H,5-22H2,1-4H3/t23-,34-/m0/s1. The molecule has 13 heteroatoms. The van der Waals surface area contributed by atoms with Crippen LogP contribution < -0.4 is 9.64 Å². The summed E-state index contributed by atoms with van der Waals surface area (Å²) in [5.41, 5.74) is 0.0446. The van der Waals surface area contributed by atoms with E-state index in [1.54, 1.807) is 0 Å². The molecule has 0 bridgehead atoms. The summed E-state index contributed by atoms with van der Waals surface area (Å²) in [6.45, 7) is 9.32. The summed E-state index contributed by atoms with van der Waals surface area (Å²) in [6, 6.07) is 0.187. The second-order valence-electron chi connectivity index (χ2n) is 15.8. The molecule has 2 aromatic rings. The van der Waals surface area contributed by atoms with Crippen molar-refractivity contribution in [1.82, 2.24) is 24.9 Å². The summed E-state index contributed by atoms with van der Waals surface area (Å²) in [5.74, 6) is -0.107. The van der Waals surface area contributed by atoms with E-state index in [0.29, 0.717) is 51.0 Å². The number of aromatic nitrogens is 3. The number of carbonyl (C=O) groups is 1. The fourth-order valence-electron chi connectivity index (χ4n) is 8.99. The fraction of sp³-hybridized carbons (Fsp3) is 0.771. The molecule has 2 aromatic heterocycles. The number of rotatable bonds is 5. The summed E-state index contributed by atoms with van der Waals surface area (Å²) in [5, 5.41) is 4.60. The molecule has 2 saturated carbocycles. The van der Waals surface area contributed by atoms with Gasteiger partial charge in [-0.3, -0.25) is 4.90 Å². The highest BCUT2D eigenvalue weighted by Crippen LogP contribution is 2.57. The van der Waals surface area contributed by atoms with Gasteiger partial charge in [-0.15, -0.1) is 0 Å². The number of hydrogen-bond acceptors (Lipinski definition) is 11. The second-order valence-corrected chi connectivity index (χ2v) is 15.8. The quantitative estimate of drug-likeness (QED) is 0.418. The van der Waals surface area contributed by atoms with Gasteiger partial charge in [0, 0.05) is 37.7 Å². The first kappa shape index (κ1) is 32.2. The van der Waals surface area contributed by atoms with E-state index in [4.69, 9.17) is 33.4 Å². The molecule has 3 spiro atoms. The van der Waals surface area contributed by atoms with Gasteiger partial charge in [-0.1, -0.05) is 11.6 Å². The summed E-state index contributed by atoms with van der Waals surface area (Å²) < 4.78 is 47.5. The van der Waals surface area contributed by atoms with Gasteiger partial charge in [-0.25, -0.2) is 9.78 Å². The fourth-order valence-corrected chi connectivity index (χ4v) is 8.99. The lowest BCUT2D eigenvalue weighted by atomic mass is 9.61. The van der Waals surface area contributed by atoms with Crippen molar-refractivity contribution in [2.24, 2.45) is 0 Å². The van der Waals surface area contributed by atoms with E-state index in [9.17, 15) is 4.79 Å². The van der Waals surface area contributed by atoms with Crippen molar-refractivity contribution in [3.05, 3.63) is 17.1 Å². The number of likely N-dealkylation sites (N-methyl/N-ethyl adjacent to an activating group) is 1. The van der Waals surface area contributed by atoms with Gasteiger partial charge < -0.3 is 33.3 Å². The van der Waals surface area contributed by atoms with Gasteiger partial charge in [-0.05, 0) is 92.2 Å². The molecule has 5 fully saturated rings. The molecule has 262 valence electrons. The van der Waals surface area contributed by atoms with Crippen molar-refractivity contribution in [3.63, 3.8) is 0 Å². The van der Waals surface area contributed by atoms with E-state index in [0.717, 1.165) is 88.5 Å². The molecule has 0 unspecified atom stereocenters. The van der Waals surface area contributed by atoms with Crippen molar-refractivity contribution in [2.75, 3.05) is 57.9 Å². The Morgan fingerprint density at radius 2 is 1.77 bits per heavy atom. The first-order valence-electron chi connectivity index (χ1n) is 18.0. The largest absolute Gasteiger partial charge is 0.474 e. The molecule has 5 heterocycles. The van der Waals surface area contributed by atoms with Crippen molar-refractivity contribution >= 4 is 11.9 Å². The van der Waals surface area contributed by atoms with Gasteiger partial charge in [0.1, 0.15) is 12.2 Å². The molecule has 48 heavy (non-hydrogen) atoms. The normalized spacial score (nSPS) is 28.0. The van der Waals surface area contributed by atoms with E-state index >= 15 is 4.39 Å². The Hall–Kier alpha value is -3.03. The van der Waals surface area contributed by atoms with Crippen LogP contribution >= 0.6 is 0 Å². The maximum atomic E-state index is 16.5. The van der Waals surface area contributed by atoms with Crippen molar-refractivity contribution in [1.29, 1.82) is 0 Å². The average Bonchev–Trinajstić information content (AvgIpc) is 3.40. The van der Waals surface area contributed by atoms with Crippen molar-refractivity contribution < 1.29 is 32.7 Å². The molecule has 0 radical (unpaired) electrons. The summed E-state index contributed by atoms with van der Waals surface area (Å²) in [6.07, 6.45) is 9.80. The summed E-state index contributed by atoms with van der Waals surface area (Å²) in [7, 11) is 2.07. The third-order valence-corrected chi connectivity index (χ3v) is 11.6. The minimum Gasteiger partial charge on any atom is -0.474 e. The Kier molecular flexibility index (Phi) is 7.91. The van der Waals surface area contributed by atoms with Crippen molar-refractivity contribution in [2.45, 2.75) is 120 Å². The zero-order valence-corrected chi connectivity index (χ0v) is 28.8. The zero-order chi connectivity index (χ0) is 33.3. The number of fused-ring (bicyclic) bond motifs is 3. The molecule has 3 aliphatic carbocycles. The van der Waals surface area contributed by atoms with E-state index < -0.39 is 28.2 Å². The average molecular weight is 669 g/mol. The van der Waals surface area contributed by atoms with Gasteiger partial charge in [-0.2, -0.15) is 9.37 Å². The molecule has 12 nitrogen and oxygen atoms in total. The third-order valence-electron chi connectivity index (χ3n) is 11.6. The van der Waals surface area contributed by atoms with Crippen LogP contribution in [0.5, 0.6) is 5.88 Å². The third kappa shape index (κ3) is 5.35. The number of likely N-dealkylation sites (tertiary alicyclic amines) is 1. The number of hydrogen-bond donors (Lipinski definition) is 0. The predicted molar refractivity (Wildman–Crippen MR) is 173 cm³/mol. The lowest BCUT2D eigenvalue weighted by Gasteiger charge is -2.50. The van der Waals surface area contributed by atoms with E-state index in [2.05, 4.69) is 17.1 Å². The van der Waals surface area contributed by atoms with Crippen LogP contribution in [0.1, 0.15) is 96.3 Å². The number of carbonyl (C=O) groups excluding carboxylic acids is 1. The van der Waals surface area contributed by atoms with E-state index in [-0.39, 0.29) is 23.8 Å². The number of halogens is 1. The molecule has 1 amide bonds. The monoisotopic (exact) mass is 668 g/mol. The Balaban J connectivity index is 1.15. The van der Waals surface area contributed by atoms with Gasteiger partial charge in [0.15, 0.2) is 28.9 Å². The van der Waals surface area contributed by atoms with E-state index in [1.807, 2.05) is 30.6 Å². The number of amides is 1. The maximum absolute atomic E-state index is 16.5. The Bertz CT molecular complexity index is 1550. The topological polar surface area (TPSA) is 116 Å². The lowest BCUT2D eigenvalue weighted by Crippen LogP contribution is -2.58. The Morgan fingerprint density at radius 1 is 1.00 bits per heavy atom. The zero-order valence-electron chi connectivity index (χ0n) is 28.8. The van der Waals surface area contributed by atoms with E-state index in [1.165, 1.54) is 0 Å². The van der Waals surface area contributed by atoms with Crippen LogP contribution in [0.2, 0.25) is 0 Å². The molecule has 6 aliphatic rings. The molecular weight excluding hydrogens is 619 g/mol. The maximum Gasteiger partial charge on any atom is 0.410 e. The number of nitrogens with zero attached hydrogens (tertiary/aromatic N) is 6. The minimum absolute atomic E-state index is 0.0754.